The second-order valence-electron chi connectivity index (χ2n) is 5.24. The molecule has 1 aliphatic rings. The number of nitrogens with zero attached hydrogens (tertiary/aromatic N) is 3. The number of imide groups is 1. The third-order valence-corrected chi connectivity index (χ3v) is 3.66. The molecule has 1 fully saturated rings. The Kier molecular flexibility index (Phi) is 3.81. The molecule has 0 spiro atoms. The molecule has 0 aliphatic heterocycles. The van der Waals surface area contributed by atoms with Gasteiger partial charge in [0, 0.05) is 6.04 Å². The Labute approximate surface area is 121 Å². The van der Waals surface area contributed by atoms with Crippen molar-refractivity contribution < 1.29 is 9.59 Å². The van der Waals surface area contributed by atoms with Crippen LogP contribution in [0.4, 0.5) is 4.79 Å². The number of urea groups is 1. The SMILES string of the molecule is O=C(Cn1nnc2ccccc21)NC(=O)NC1CCCC1. The van der Waals surface area contributed by atoms with Crippen molar-refractivity contribution in [2.75, 3.05) is 0 Å². The maximum Gasteiger partial charge on any atom is 0.321 e. The molecule has 1 aromatic carbocycles. The number of aromatic nitrogens is 3. The van der Waals surface area contributed by atoms with Gasteiger partial charge in [0.2, 0.25) is 5.91 Å². The Hall–Kier alpha value is -2.44. The molecule has 2 N–H and O–H groups in total. The van der Waals surface area contributed by atoms with Gasteiger partial charge >= 0.3 is 6.03 Å². The summed E-state index contributed by atoms with van der Waals surface area (Å²) in [5, 5.41) is 13.0. The number of carbonyl (C=O) groups excluding carboxylic acids is 2. The number of rotatable bonds is 3. The molecule has 7 nitrogen and oxygen atoms in total. The molecule has 7 heteroatoms. The minimum absolute atomic E-state index is 0.0292. The molecule has 3 amide bonds. The monoisotopic (exact) mass is 287 g/mol. The minimum atomic E-state index is -0.434. The topological polar surface area (TPSA) is 88.9 Å². The highest BCUT2D eigenvalue weighted by atomic mass is 16.2. The van der Waals surface area contributed by atoms with Gasteiger partial charge in [0.25, 0.3) is 0 Å². The van der Waals surface area contributed by atoms with E-state index >= 15 is 0 Å². The van der Waals surface area contributed by atoms with E-state index in [2.05, 4.69) is 20.9 Å². The first-order valence-corrected chi connectivity index (χ1v) is 7.11. The molecule has 0 unspecified atom stereocenters. The zero-order chi connectivity index (χ0) is 14.7. The Morgan fingerprint density at radius 1 is 1.24 bits per heavy atom. The van der Waals surface area contributed by atoms with E-state index in [0.29, 0.717) is 0 Å². The second kappa shape index (κ2) is 5.90. The van der Waals surface area contributed by atoms with Gasteiger partial charge in [0.15, 0.2) is 0 Å². The molecule has 1 aliphatic carbocycles. The lowest BCUT2D eigenvalue weighted by atomic mass is 10.2. The van der Waals surface area contributed by atoms with Crippen molar-refractivity contribution in [3.8, 4) is 0 Å². The van der Waals surface area contributed by atoms with Gasteiger partial charge in [0.05, 0.1) is 5.52 Å². The maximum absolute atomic E-state index is 11.9. The maximum atomic E-state index is 11.9. The van der Waals surface area contributed by atoms with Gasteiger partial charge in [-0.3, -0.25) is 10.1 Å². The van der Waals surface area contributed by atoms with Crippen LogP contribution in [0.1, 0.15) is 25.7 Å². The summed E-state index contributed by atoms with van der Waals surface area (Å²) in [6, 6.07) is 7.12. The molecular formula is C14H17N5O2. The van der Waals surface area contributed by atoms with Gasteiger partial charge in [-0.15, -0.1) is 5.10 Å². The van der Waals surface area contributed by atoms with Gasteiger partial charge in [-0.05, 0) is 25.0 Å². The predicted octanol–water partition coefficient (Wildman–Crippen LogP) is 1.20. The second-order valence-corrected chi connectivity index (χ2v) is 5.24. The number of benzene rings is 1. The summed E-state index contributed by atoms with van der Waals surface area (Å²) in [6.45, 7) is -0.0292. The number of amides is 3. The quantitative estimate of drug-likeness (QED) is 0.887. The molecule has 0 atom stereocenters. The molecule has 0 radical (unpaired) electrons. The molecule has 0 bridgehead atoms. The molecule has 21 heavy (non-hydrogen) atoms. The minimum Gasteiger partial charge on any atom is -0.335 e. The van der Waals surface area contributed by atoms with Crippen LogP contribution in [0.3, 0.4) is 0 Å². The Morgan fingerprint density at radius 2 is 2.00 bits per heavy atom. The first-order chi connectivity index (χ1) is 10.2. The van der Waals surface area contributed by atoms with Crippen LogP contribution in [-0.4, -0.2) is 33.0 Å². The molecule has 1 heterocycles. The molecular weight excluding hydrogens is 270 g/mol. The third kappa shape index (κ3) is 3.18. The van der Waals surface area contributed by atoms with E-state index in [9.17, 15) is 9.59 Å². The van der Waals surface area contributed by atoms with E-state index in [-0.39, 0.29) is 12.6 Å². The highest BCUT2D eigenvalue weighted by Gasteiger charge is 2.18. The summed E-state index contributed by atoms with van der Waals surface area (Å²) >= 11 is 0. The van der Waals surface area contributed by atoms with Crippen LogP contribution in [0.25, 0.3) is 11.0 Å². The Morgan fingerprint density at radius 3 is 2.81 bits per heavy atom. The standard InChI is InChI=1S/C14H17N5O2/c20-13(16-14(21)15-10-5-1-2-6-10)9-19-12-8-4-3-7-11(12)17-18-19/h3-4,7-8,10H,1-2,5-6,9H2,(H2,15,16,20,21). The summed E-state index contributed by atoms with van der Waals surface area (Å²) in [7, 11) is 0. The molecule has 1 aromatic heterocycles. The first-order valence-electron chi connectivity index (χ1n) is 7.11. The summed E-state index contributed by atoms with van der Waals surface area (Å²) in [5.41, 5.74) is 1.49. The number of para-hydroxylation sites is 1. The fraction of sp³-hybridized carbons (Fsp3) is 0.429. The van der Waals surface area contributed by atoms with Crippen molar-refractivity contribution in [2.45, 2.75) is 38.3 Å². The predicted molar refractivity (Wildman–Crippen MR) is 76.5 cm³/mol. The summed E-state index contributed by atoms with van der Waals surface area (Å²) in [5.74, 6) is -0.402. The zero-order valence-corrected chi connectivity index (χ0v) is 11.6. The fourth-order valence-electron chi connectivity index (χ4n) is 2.63. The molecule has 1 saturated carbocycles. The average Bonchev–Trinajstić information content (AvgIpc) is 3.09. The van der Waals surface area contributed by atoms with E-state index in [1.165, 1.54) is 4.68 Å². The van der Waals surface area contributed by atoms with Gasteiger partial charge < -0.3 is 5.32 Å². The average molecular weight is 287 g/mol. The van der Waals surface area contributed by atoms with E-state index < -0.39 is 11.9 Å². The molecule has 0 saturated heterocycles. The van der Waals surface area contributed by atoms with Gasteiger partial charge in [-0.1, -0.05) is 30.2 Å². The summed E-state index contributed by atoms with van der Waals surface area (Å²) < 4.78 is 1.48. The van der Waals surface area contributed by atoms with E-state index in [0.717, 1.165) is 36.7 Å². The largest absolute Gasteiger partial charge is 0.335 e. The number of hydrogen-bond donors (Lipinski definition) is 2. The van der Waals surface area contributed by atoms with Crippen molar-refractivity contribution in [3.05, 3.63) is 24.3 Å². The van der Waals surface area contributed by atoms with Crippen LogP contribution in [0.15, 0.2) is 24.3 Å². The van der Waals surface area contributed by atoms with Crippen molar-refractivity contribution in [3.63, 3.8) is 0 Å². The lowest BCUT2D eigenvalue weighted by molar-refractivity contribution is -0.120. The number of fused-ring (bicyclic) bond motifs is 1. The van der Waals surface area contributed by atoms with Crippen LogP contribution in [-0.2, 0) is 11.3 Å². The lowest BCUT2D eigenvalue weighted by Gasteiger charge is -2.12. The molecule has 110 valence electrons. The number of nitrogens with one attached hydrogen (secondary N) is 2. The number of hydrogen-bond acceptors (Lipinski definition) is 4. The molecule has 3 rings (SSSR count). The van der Waals surface area contributed by atoms with E-state index in [1.807, 2.05) is 24.3 Å². The Bertz CT molecular complexity index is 660. The lowest BCUT2D eigenvalue weighted by Crippen LogP contribution is -2.44. The van der Waals surface area contributed by atoms with Crippen LogP contribution in [0.2, 0.25) is 0 Å². The summed E-state index contributed by atoms with van der Waals surface area (Å²) in [6.07, 6.45) is 4.22. The third-order valence-electron chi connectivity index (χ3n) is 3.66. The van der Waals surface area contributed by atoms with E-state index in [4.69, 9.17) is 0 Å². The van der Waals surface area contributed by atoms with Crippen LogP contribution in [0, 0.1) is 0 Å². The van der Waals surface area contributed by atoms with Crippen molar-refractivity contribution in [2.24, 2.45) is 0 Å². The normalized spacial score (nSPS) is 15.2. The smallest absolute Gasteiger partial charge is 0.321 e. The molecule has 2 aromatic rings. The van der Waals surface area contributed by atoms with Crippen molar-refractivity contribution in [1.82, 2.24) is 25.6 Å². The number of carbonyl (C=O) groups is 2. The fourth-order valence-corrected chi connectivity index (χ4v) is 2.63. The highest BCUT2D eigenvalue weighted by molar-refractivity contribution is 5.94. The van der Waals surface area contributed by atoms with E-state index in [1.54, 1.807) is 0 Å². The Balaban J connectivity index is 1.57. The zero-order valence-electron chi connectivity index (χ0n) is 11.6. The van der Waals surface area contributed by atoms with Gasteiger partial charge in [0.1, 0.15) is 12.1 Å². The van der Waals surface area contributed by atoms with Crippen LogP contribution in [0.5, 0.6) is 0 Å². The van der Waals surface area contributed by atoms with Gasteiger partial charge in [-0.25, -0.2) is 9.48 Å². The first kappa shape index (κ1) is 13.5. The van der Waals surface area contributed by atoms with Crippen molar-refractivity contribution in [1.29, 1.82) is 0 Å². The summed E-state index contributed by atoms with van der Waals surface area (Å²) in [4.78, 5) is 23.6. The van der Waals surface area contributed by atoms with Gasteiger partial charge in [-0.2, -0.15) is 0 Å². The highest BCUT2D eigenvalue weighted by Crippen LogP contribution is 2.17. The van der Waals surface area contributed by atoms with Crippen molar-refractivity contribution >= 4 is 23.0 Å². The van der Waals surface area contributed by atoms with Crippen LogP contribution >= 0.6 is 0 Å². The van der Waals surface area contributed by atoms with Crippen LogP contribution < -0.4 is 10.6 Å².